The third kappa shape index (κ3) is 5.35. The van der Waals surface area contributed by atoms with Crippen LogP contribution in [0.5, 0.6) is 0 Å². The van der Waals surface area contributed by atoms with Crippen LogP contribution in [0.3, 0.4) is 0 Å². The number of carbonyl (C=O) groups excluding carboxylic acids is 4. The zero-order valence-electron chi connectivity index (χ0n) is 25.3. The number of amides is 5. The number of hydrogen-bond acceptors (Lipinski definition) is 6. The number of nitrogens with one attached hydrogen (secondary N) is 1. The Morgan fingerprint density at radius 3 is 2.23 bits per heavy atom. The van der Waals surface area contributed by atoms with E-state index in [1.165, 1.54) is 24.0 Å². The Labute approximate surface area is 262 Å². The molecule has 5 heterocycles. The number of nitrogens with zero attached hydrogens (tertiary/aromatic N) is 4. The number of carbonyl (C=O) groups is 4. The van der Waals surface area contributed by atoms with E-state index in [-0.39, 0.29) is 23.9 Å². The lowest BCUT2D eigenvalue weighted by Gasteiger charge is -2.52. The minimum absolute atomic E-state index is 0.00774. The summed E-state index contributed by atoms with van der Waals surface area (Å²) in [6.07, 6.45) is 5.77. The van der Waals surface area contributed by atoms with Gasteiger partial charge in [-0.2, -0.15) is 5.01 Å². The van der Waals surface area contributed by atoms with E-state index in [1.807, 2.05) is 18.2 Å². The normalized spacial score (nSPS) is 25.6. The van der Waals surface area contributed by atoms with Gasteiger partial charge in [-0.25, -0.2) is 9.80 Å². The molecule has 1 N–H and O–H groups in total. The van der Waals surface area contributed by atoms with E-state index >= 15 is 0 Å². The van der Waals surface area contributed by atoms with Gasteiger partial charge in [-0.3, -0.25) is 29.5 Å². The molecule has 0 radical (unpaired) electrons. The van der Waals surface area contributed by atoms with Gasteiger partial charge in [0, 0.05) is 49.7 Å². The standard InChI is InChI=1S/C34H38ClN5O4/c1-34(2)13-11-23(29(16-34)22-4-6-24(35)7-5-22)18-38-20-25-8-9-26(38)19-37(25)17-21-3-10-27-28(15-21)32(43)40(31(27)42)39-14-12-30(41)36-33(39)44/h3-7,10,15,25-26H,8-9,11-14,16-20H2,1-2H3,(H,36,41,44). The van der Waals surface area contributed by atoms with Crippen molar-refractivity contribution in [3.63, 3.8) is 0 Å². The van der Waals surface area contributed by atoms with Gasteiger partial charge in [0.05, 0.1) is 17.7 Å². The number of fused-ring (bicyclic) bond motifs is 4. The van der Waals surface area contributed by atoms with Crippen LogP contribution in [0.1, 0.15) is 84.2 Å². The van der Waals surface area contributed by atoms with E-state index in [9.17, 15) is 19.2 Å². The van der Waals surface area contributed by atoms with Crippen molar-refractivity contribution in [3.05, 3.63) is 75.3 Å². The third-order valence-corrected chi connectivity index (χ3v) is 10.4. The number of piperazine rings is 1. The van der Waals surface area contributed by atoms with Crippen LogP contribution in [0.2, 0.25) is 5.02 Å². The highest BCUT2D eigenvalue weighted by molar-refractivity contribution is 6.30. The van der Waals surface area contributed by atoms with Gasteiger partial charge in [0.2, 0.25) is 5.91 Å². The Hall–Kier alpha value is -3.53. The van der Waals surface area contributed by atoms with E-state index in [0.29, 0.717) is 24.2 Å². The van der Waals surface area contributed by atoms with Crippen molar-refractivity contribution in [1.29, 1.82) is 0 Å². The summed E-state index contributed by atoms with van der Waals surface area (Å²) in [5.74, 6) is -1.48. The van der Waals surface area contributed by atoms with Gasteiger partial charge in [0.15, 0.2) is 0 Å². The molecular weight excluding hydrogens is 578 g/mol. The predicted molar refractivity (Wildman–Crippen MR) is 167 cm³/mol. The molecule has 0 spiro atoms. The highest BCUT2D eigenvalue weighted by Gasteiger charge is 2.44. The molecule has 5 amide bonds. The Balaban J connectivity index is 1.05. The fourth-order valence-corrected chi connectivity index (χ4v) is 7.80. The number of imide groups is 2. The number of allylic oxidation sites excluding steroid dienone is 1. The van der Waals surface area contributed by atoms with Gasteiger partial charge in [0.1, 0.15) is 0 Å². The third-order valence-electron chi connectivity index (χ3n) is 10.1. The molecule has 0 aromatic heterocycles. The molecule has 5 aliphatic heterocycles. The van der Waals surface area contributed by atoms with Gasteiger partial charge >= 0.3 is 6.03 Å². The monoisotopic (exact) mass is 615 g/mol. The SMILES string of the molecule is CC1(C)CCC(CN2CC3CCC2CN3Cc2ccc3c(c2)C(=O)N(N2CCC(=O)NC2=O)C3=O)=C(c2ccc(Cl)cc2)C1. The summed E-state index contributed by atoms with van der Waals surface area (Å²) in [6, 6.07) is 13.9. The maximum atomic E-state index is 13.3. The van der Waals surface area contributed by atoms with Crippen LogP contribution in [0.4, 0.5) is 4.79 Å². The summed E-state index contributed by atoms with van der Waals surface area (Å²) in [4.78, 5) is 55.5. The first-order valence-corrected chi connectivity index (χ1v) is 16.0. The maximum absolute atomic E-state index is 13.3. The topological polar surface area (TPSA) is 93.3 Å². The number of halogens is 1. The van der Waals surface area contributed by atoms with Crippen molar-refractivity contribution in [2.24, 2.45) is 5.41 Å². The summed E-state index contributed by atoms with van der Waals surface area (Å²) < 4.78 is 0. The molecule has 2 aromatic rings. The number of urea groups is 1. The average Bonchev–Trinajstić information content (AvgIpc) is 3.24. The van der Waals surface area contributed by atoms with E-state index in [0.717, 1.165) is 59.5 Å². The molecule has 8 rings (SSSR count). The quantitative estimate of drug-likeness (QED) is 0.454. The molecule has 4 saturated heterocycles. The lowest BCUT2D eigenvalue weighted by atomic mass is 9.72. The summed E-state index contributed by atoms with van der Waals surface area (Å²) >= 11 is 6.21. The minimum Gasteiger partial charge on any atom is -0.294 e. The lowest BCUT2D eigenvalue weighted by molar-refractivity contribution is -0.122. The van der Waals surface area contributed by atoms with E-state index in [1.54, 1.807) is 17.7 Å². The molecule has 44 heavy (non-hydrogen) atoms. The number of piperidine rings is 2. The van der Waals surface area contributed by atoms with Gasteiger partial charge in [-0.1, -0.05) is 49.2 Å². The van der Waals surface area contributed by atoms with E-state index in [4.69, 9.17) is 11.6 Å². The molecular formula is C34H38ClN5O4. The Bertz CT molecular complexity index is 1580. The second-order valence-electron chi connectivity index (χ2n) is 13.7. The molecule has 4 fully saturated rings. The van der Waals surface area contributed by atoms with Crippen molar-refractivity contribution < 1.29 is 19.2 Å². The number of hydrazine groups is 1. The fraction of sp³-hybridized carbons (Fsp3) is 0.471. The highest BCUT2D eigenvalue weighted by atomic mass is 35.5. The molecule has 9 nitrogen and oxygen atoms in total. The van der Waals surface area contributed by atoms with E-state index in [2.05, 4.69) is 41.1 Å². The largest absolute Gasteiger partial charge is 0.343 e. The summed E-state index contributed by atoms with van der Waals surface area (Å²) in [5.41, 5.74) is 6.19. The van der Waals surface area contributed by atoms with Crippen molar-refractivity contribution in [2.45, 2.75) is 71.0 Å². The van der Waals surface area contributed by atoms with Crippen LogP contribution < -0.4 is 5.32 Å². The van der Waals surface area contributed by atoms with Gasteiger partial charge in [0.25, 0.3) is 11.8 Å². The van der Waals surface area contributed by atoms with Crippen LogP contribution in [0.15, 0.2) is 48.0 Å². The van der Waals surface area contributed by atoms with Gasteiger partial charge in [-0.05, 0) is 78.5 Å². The first-order valence-electron chi connectivity index (χ1n) is 15.6. The van der Waals surface area contributed by atoms with Crippen LogP contribution in [0, 0.1) is 5.41 Å². The molecule has 230 valence electrons. The minimum atomic E-state index is -0.752. The van der Waals surface area contributed by atoms with Gasteiger partial charge < -0.3 is 0 Å². The first kappa shape index (κ1) is 29.2. The zero-order chi connectivity index (χ0) is 30.7. The second-order valence-corrected chi connectivity index (χ2v) is 14.1. The lowest BCUT2D eigenvalue weighted by Crippen LogP contribution is -2.62. The summed E-state index contributed by atoms with van der Waals surface area (Å²) in [6.45, 7) is 8.42. The Kier molecular flexibility index (Phi) is 7.38. The van der Waals surface area contributed by atoms with Crippen molar-refractivity contribution in [3.8, 4) is 0 Å². The first-order chi connectivity index (χ1) is 21.1. The number of rotatable bonds is 6. The predicted octanol–water partition coefficient (Wildman–Crippen LogP) is 5.11. The van der Waals surface area contributed by atoms with Crippen LogP contribution in [0.25, 0.3) is 5.57 Å². The smallest absolute Gasteiger partial charge is 0.294 e. The van der Waals surface area contributed by atoms with Crippen LogP contribution in [-0.2, 0) is 11.3 Å². The summed E-state index contributed by atoms with van der Waals surface area (Å²) in [7, 11) is 0. The second kappa shape index (κ2) is 11.1. The molecule has 10 heteroatoms. The highest BCUT2D eigenvalue weighted by Crippen LogP contribution is 2.44. The maximum Gasteiger partial charge on any atom is 0.343 e. The average molecular weight is 616 g/mol. The van der Waals surface area contributed by atoms with Gasteiger partial charge in [-0.15, -0.1) is 0 Å². The number of hydrogen-bond donors (Lipinski definition) is 1. The van der Waals surface area contributed by atoms with Crippen LogP contribution in [-0.4, -0.2) is 81.8 Å². The molecule has 2 aromatic carbocycles. The molecule has 1 aliphatic carbocycles. The Morgan fingerprint density at radius 2 is 1.55 bits per heavy atom. The van der Waals surface area contributed by atoms with E-state index < -0.39 is 23.8 Å². The van der Waals surface area contributed by atoms with Crippen LogP contribution >= 0.6 is 11.6 Å². The molecule has 0 saturated carbocycles. The van der Waals surface area contributed by atoms with Crippen molar-refractivity contribution in [1.82, 2.24) is 25.1 Å². The zero-order valence-corrected chi connectivity index (χ0v) is 26.0. The fourth-order valence-electron chi connectivity index (χ4n) is 7.67. The van der Waals surface area contributed by atoms with Crippen molar-refractivity contribution in [2.75, 3.05) is 26.2 Å². The molecule has 2 bridgehead atoms. The molecule has 6 aliphatic rings. The Morgan fingerprint density at radius 1 is 0.864 bits per heavy atom. The molecule has 2 unspecified atom stereocenters. The molecule has 2 atom stereocenters. The number of benzene rings is 2. The summed E-state index contributed by atoms with van der Waals surface area (Å²) in [5, 5.41) is 4.85. The van der Waals surface area contributed by atoms with Crippen molar-refractivity contribution >= 4 is 40.9 Å².